The second-order valence-corrected chi connectivity index (χ2v) is 1.97. The summed E-state index contributed by atoms with van der Waals surface area (Å²) in [6.45, 7) is 1.91. The molecule has 0 amide bonds. The van der Waals surface area contributed by atoms with Crippen LogP contribution in [0.3, 0.4) is 0 Å². The van der Waals surface area contributed by atoms with Gasteiger partial charge in [-0.15, -0.1) is 0 Å². The fraction of sp³-hybridized carbons (Fsp3) is 0.167. The maximum Gasteiger partial charge on any atom is 0.312 e. The molecule has 0 aliphatic carbocycles. The van der Waals surface area contributed by atoms with Crippen molar-refractivity contribution in [3.8, 4) is 0 Å². The molecule has 48 valence electrons. The van der Waals surface area contributed by atoms with E-state index < -0.39 is 0 Å². The number of hydrogen-bond donors (Lipinski definition) is 2. The zero-order chi connectivity index (χ0) is 6.85. The minimum atomic E-state index is 0.356. The van der Waals surface area contributed by atoms with Crippen molar-refractivity contribution in [3.63, 3.8) is 0 Å². The number of pyridine rings is 1. The molecule has 3 heteroatoms. The third kappa shape index (κ3) is 1.10. The maximum atomic E-state index is 8.84. The first-order chi connectivity index (χ1) is 4.20. The second kappa shape index (κ2) is 1.93. The minimum absolute atomic E-state index is 0.356. The number of aromatic nitrogens is 1. The van der Waals surface area contributed by atoms with Gasteiger partial charge in [0.25, 0.3) is 0 Å². The standard InChI is InChI=1S/C6H8N2O/c1-5-2-3-8(9)6(7)4-5/h2-4,7,9H,1H3/p+1. The average molecular weight is 125 g/mol. The Hall–Kier alpha value is -1.25. The van der Waals surface area contributed by atoms with E-state index in [0.717, 1.165) is 10.3 Å². The molecular formula is C6H9N2O+. The van der Waals surface area contributed by atoms with Crippen LogP contribution in [0.25, 0.3) is 0 Å². The van der Waals surface area contributed by atoms with Gasteiger partial charge in [-0.1, -0.05) is 4.73 Å². The molecule has 1 aromatic heterocycles. The molecule has 0 aliphatic rings. The Morgan fingerprint density at radius 1 is 1.67 bits per heavy atom. The van der Waals surface area contributed by atoms with E-state index in [4.69, 9.17) is 10.9 Å². The van der Waals surface area contributed by atoms with E-state index in [9.17, 15) is 0 Å². The van der Waals surface area contributed by atoms with E-state index in [-0.39, 0.29) is 0 Å². The van der Waals surface area contributed by atoms with Crippen LogP contribution in [-0.4, -0.2) is 5.21 Å². The lowest BCUT2D eigenvalue weighted by Crippen LogP contribution is -2.33. The fourth-order valence-electron chi connectivity index (χ4n) is 0.622. The molecule has 0 spiro atoms. The number of nitrogens with zero attached hydrogens (tertiary/aromatic N) is 1. The van der Waals surface area contributed by atoms with Crippen molar-refractivity contribution in [2.75, 3.05) is 5.73 Å². The molecule has 0 aromatic carbocycles. The van der Waals surface area contributed by atoms with Gasteiger partial charge < -0.3 is 5.21 Å². The Balaban J connectivity index is 3.17. The molecule has 0 radical (unpaired) electrons. The molecule has 3 nitrogen and oxygen atoms in total. The van der Waals surface area contributed by atoms with Crippen molar-refractivity contribution in [2.45, 2.75) is 6.92 Å². The van der Waals surface area contributed by atoms with E-state index >= 15 is 0 Å². The van der Waals surface area contributed by atoms with Gasteiger partial charge in [0, 0.05) is 6.07 Å². The van der Waals surface area contributed by atoms with Crippen molar-refractivity contribution in [1.29, 1.82) is 0 Å². The first kappa shape index (κ1) is 5.88. The van der Waals surface area contributed by atoms with Crippen molar-refractivity contribution >= 4 is 5.82 Å². The highest BCUT2D eigenvalue weighted by Crippen LogP contribution is 1.96. The summed E-state index contributed by atoms with van der Waals surface area (Å²) >= 11 is 0. The number of nitrogens with two attached hydrogens (primary N) is 1. The molecule has 0 saturated carbocycles. The zero-order valence-electron chi connectivity index (χ0n) is 5.20. The van der Waals surface area contributed by atoms with Crippen LogP contribution in [0.2, 0.25) is 0 Å². The van der Waals surface area contributed by atoms with Crippen molar-refractivity contribution in [1.82, 2.24) is 0 Å². The SMILES string of the molecule is Cc1cc[n+](O)c(N)c1. The van der Waals surface area contributed by atoms with Gasteiger partial charge in [-0.3, -0.25) is 5.73 Å². The third-order valence-corrected chi connectivity index (χ3v) is 1.12. The highest BCUT2D eigenvalue weighted by molar-refractivity contribution is 5.24. The maximum absolute atomic E-state index is 8.84. The van der Waals surface area contributed by atoms with Gasteiger partial charge in [-0.05, 0) is 18.6 Å². The number of rotatable bonds is 0. The predicted molar refractivity (Wildman–Crippen MR) is 33.0 cm³/mol. The van der Waals surface area contributed by atoms with Crippen molar-refractivity contribution in [3.05, 3.63) is 23.9 Å². The van der Waals surface area contributed by atoms with Crippen LogP contribution in [0.15, 0.2) is 18.3 Å². The first-order valence-electron chi connectivity index (χ1n) is 2.67. The third-order valence-electron chi connectivity index (χ3n) is 1.12. The number of aryl methyl sites for hydroxylation is 1. The molecule has 9 heavy (non-hydrogen) atoms. The summed E-state index contributed by atoms with van der Waals surface area (Å²) in [6.07, 6.45) is 1.50. The summed E-state index contributed by atoms with van der Waals surface area (Å²) in [7, 11) is 0. The van der Waals surface area contributed by atoms with E-state index in [0.29, 0.717) is 5.82 Å². The molecule has 0 bridgehead atoms. The van der Waals surface area contributed by atoms with Gasteiger partial charge in [0.2, 0.25) is 0 Å². The molecule has 0 aliphatic heterocycles. The van der Waals surface area contributed by atoms with Crippen LogP contribution in [0.1, 0.15) is 5.56 Å². The van der Waals surface area contributed by atoms with Crippen LogP contribution >= 0.6 is 0 Å². The van der Waals surface area contributed by atoms with Crippen LogP contribution in [0.4, 0.5) is 5.82 Å². The van der Waals surface area contributed by atoms with Gasteiger partial charge in [-0.25, -0.2) is 0 Å². The summed E-state index contributed by atoms with van der Waals surface area (Å²) < 4.78 is 0.882. The van der Waals surface area contributed by atoms with Crippen LogP contribution in [-0.2, 0) is 0 Å². The number of anilines is 1. The van der Waals surface area contributed by atoms with Gasteiger partial charge in [0.15, 0.2) is 0 Å². The Morgan fingerprint density at radius 2 is 2.33 bits per heavy atom. The summed E-state index contributed by atoms with van der Waals surface area (Å²) in [5.74, 6) is 0.356. The summed E-state index contributed by atoms with van der Waals surface area (Å²) in [5.41, 5.74) is 6.37. The second-order valence-electron chi connectivity index (χ2n) is 1.97. The summed E-state index contributed by atoms with van der Waals surface area (Å²) in [5, 5.41) is 8.84. The number of nitrogen functional groups attached to an aromatic ring is 1. The zero-order valence-corrected chi connectivity index (χ0v) is 5.20. The highest BCUT2D eigenvalue weighted by atomic mass is 16.5. The van der Waals surface area contributed by atoms with Crippen molar-refractivity contribution < 1.29 is 9.94 Å². The molecule has 1 heterocycles. The summed E-state index contributed by atoms with van der Waals surface area (Å²) in [6, 6.07) is 3.47. The Labute approximate surface area is 53.3 Å². The normalized spacial score (nSPS) is 9.44. The monoisotopic (exact) mass is 125 g/mol. The molecule has 1 aromatic rings. The van der Waals surface area contributed by atoms with E-state index in [1.807, 2.05) is 6.92 Å². The quantitative estimate of drug-likeness (QED) is 0.381. The van der Waals surface area contributed by atoms with Gasteiger partial charge in [0.1, 0.15) is 6.20 Å². The smallest absolute Gasteiger partial charge is 0.312 e. The Morgan fingerprint density at radius 3 is 2.78 bits per heavy atom. The van der Waals surface area contributed by atoms with Crippen molar-refractivity contribution in [2.24, 2.45) is 0 Å². The van der Waals surface area contributed by atoms with E-state index in [1.165, 1.54) is 6.20 Å². The fourth-order valence-corrected chi connectivity index (χ4v) is 0.622. The largest absolute Gasteiger partial charge is 0.350 e. The molecule has 0 atom stereocenters. The van der Waals surface area contributed by atoms with Crippen LogP contribution in [0, 0.1) is 6.92 Å². The molecular weight excluding hydrogens is 116 g/mol. The molecule has 0 unspecified atom stereocenters. The average Bonchev–Trinajstić information content (AvgIpc) is 1.80. The minimum Gasteiger partial charge on any atom is -0.350 e. The molecule has 0 saturated heterocycles. The molecule has 3 N–H and O–H groups in total. The van der Waals surface area contributed by atoms with E-state index in [2.05, 4.69) is 0 Å². The highest BCUT2D eigenvalue weighted by Gasteiger charge is 1.98. The number of hydrogen-bond acceptors (Lipinski definition) is 2. The van der Waals surface area contributed by atoms with Gasteiger partial charge in [0.05, 0.1) is 0 Å². The Bertz CT molecular complexity index is 222. The Kier molecular flexibility index (Phi) is 1.26. The lowest BCUT2D eigenvalue weighted by molar-refractivity contribution is -0.893. The predicted octanol–water partition coefficient (Wildman–Crippen LogP) is 0.102. The molecule has 0 fully saturated rings. The lowest BCUT2D eigenvalue weighted by atomic mass is 10.3. The summed E-state index contributed by atoms with van der Waals surface area (Å²) in [4.78, 5) is 0. The van der Waals surface area contributed by atoms with E-state index in [1.54, 1.807) is 12.1 Å². The first-order valence-corrected chi connectivity index (χ1v) is 2.67. The van der Waals surface area contributed by atoms with Crippen LogP contribution < -0.4 is 10.5 Å². The topological polar surface area (TPSA) is 50.1 Å². The molecule has 1 rings (SSSR count). The van der Waals surface area contributed by atoms with Gasteiger partial charge >= 0.3 is 5.82 Å². The van der Waals surface area contributed by atoms with Crippen LogP contribution in [0.5, 0.6) is 0 Å². The lowest BCUT2D eigenvalue weighted by Gasteiger charge is -1.91. The van der Waals surface area contributed by atoms with Gasteiger partial charge in [-0.2, -0.15) is 0 Å².